The van der Waals surface area contributed by atoms with E-state index in [2.05, 4.69) is 34.6 Å². The first-order chi connectivity index (χ1) is 17.0. The number of unbranched alkanes of at least 4 members (excludes halogenated alkanes) is 13. The zero-order valence-electron chi connectivity index (χ0n) is 25.4. The molecule has 0 aromatic carbocycles. The van der Waals surface area contributed by atoms with Gasteiger partial charge in [-0.2, -0.15) is 0 Å². The predicted octanol–water partition coefficient (Wildman–Crippen LogP) is 11.3. The third-order valence-corrected chi connectivity index (χ3v) is 13.6. The molecule has 214 valence electrons. The molecule has 0 aliphatic carbocycles. The maximum absolute atomic E-state index is 10.4. The third kappa shape index (κ3) is 24.0. The Balaban J connectivity index is 0. The van der Waals surface area contributed by atoms with E-state index in [-0.39, 0.29) is 5.92 Å². The first-order valence-electron chi connectivity index (χ1n) is 16.2. The molecule has 0 spiro atoms. The van der Waals surface area contributed by atoms with Gasteiger partial charge < -0.3 is 5.11 Å². The van der Waals surface area contributed by atoms with E-state index < -0.39 is 13.2 Å². The van der Waals surface area contributed by atoms with Crippen LogP contribution < -0.4 is 0 Å². The standard InChI is InChI=1S/C24H53P.C8H16O2/c1-5-9-13-14-15-16-17-18-19-20-24-25(21-10-6-2,22-11-7-3)23-12-8-4;1-3-5-6-7(4-2)8(9)10/h25H,5-24H2,1-4H3;7H,3-6H2,1-2H3,(H,9,10). The van der Waals surface area contributed by atoms with Gasteiger partial charge in [-0.25, -0.2) is 0 Å². The van der Waals surface area contributed by atoms with Gasteiger partial charge in [-0.1, -0.05) is 26.7 Å². The normalized spacial score (nSPS) is 12.7. The predicted molar refractivity (Wildman–Crippen MR) is 165 cm³/mol. The molecule has 1 unspecified atom stereocenters. The van der Waals surface area contributed by atoms with Crippen LogP contribution in [0.4, 0.5) is 0 Å². The minimum atomic E-state index is -0.949. The molecule has 0 saturated heterocycles. The second-order valence-corrected chi connectivity index (χ2v) is 16.3. The zero-order chi connectivity index (χ0) is 26.6. The first-order valence-corrected chi connectivity index (χ1v) is 19.0. The van der Waals surface area contributed by atoms with E-state index >= 15 is 0 Å². The summed E-state index contributed by atoms with van der Waals surface area (Å²) >= 11 is 0. The van der Waals surface area contributed by atoms with Gasteiger partial charge in [0.05, 0.1) is 5.92 Å². The Hall–Kier alpha value is -0.100. The van der Waals surface area contributed by atoms with Crippen LogP contribution in [0.5, 0.6) is 0 Å². The Morgan fingerprint density at radius 2 is 0.857 bits per heavy atom. The Morgan fingerprint density at radius 3 is 1.20 bits per heavy atom. The van der Waals surface area contributed by atoms with Gasteiger partial charge in [0.1, 0.15) is 0 Å². The minimum absolute atomic E-state index is 0.111. The van der Waals surface area contributed by atoms with E-state index in [4.69, 9.17) is 5.11 Å². The number of carboxylic acid groups (broad SMARTS) is 1. The Labute approximate surface area is 223 Å². The van der Waals surface area contributed by atoms with Crippen molar-refractivity contribution in [2.45, 2.75) is 170 Å². The molecule has 2 nitrogen and oxygen atoms in total. The fourth-order valence-corrected chi connectivity index (χ4v) is 11.2. The molecule has 0 aliphatic heterocycles. The summed E-state index contributed by atoms with van der Waals surface area (Å²) < 4.78 is 0. The van der Waals surface area contributed by atoms with Crippen molar-refractivity contribution in [1.29, 1.82) is 0 Å². The average Bonchev–Trinajstić information content (AvgIpc) is 2.86. The van der Waals surface area contributed by atoms with Crippen LogP contribution in [0.2, 0.25) is 0 Å². The molecule has 3 heteroatoms. The molecule has 1 atom stereocenters. The van der Waals surface area contributed by atoms with Gasteiger partial charge >= 0.3 is 168 Å². The molecular formula is C32H69O2P. The van der Waals surface area contributed by atoms with Crippen LogP contribution >= 0.6 is 7.26 Å². The van der Waals surface area contributed by atoms with E-state index in [9.17, 15) is 4.79 Å². The first kappa shape index (κ1) is 37.1. The van der Waals surface area contributed by atoms with Gasteiger partial charge in [-0.15, -0.1) is 0 Å². The van der Waals surface area contributed by atoms with E-state index in [1.807, 2.05) is 6.92 Å². The van der Waals surface area contributed by atoms with E-state index in [1.54, 1.807) is 31.1 Å². The van der Waals surface area contributed by atoms with Crippen molar-refractivity contribution in [2.24, 2.45) is 5.92 Å². The summed E-state index contributed by atoms with van der Waals surface area (Å²) in [6.07, 6.45) is 33.9. The zero-order valence-corrected chi connectivity index (χ0v) is 26.4. The van der Waals surface area contributed by atoms with Crippen molar-refractivity contribution < 1.29 is 9.90 Å². The van der Waals surface area contributed by atoms with E-state index in [0.717, 1.165) is 25.7 Å². The van der Waals surface area contributed by atoms with Gasteiger partial charge in [-0.05, 0) is 12.8 Å². The maximum atomic E-state index is 10.4. The SMILES string of the molecule is CCCCC(CC)C(=O)O.CCCCCCCCCCCC[PH](CCCC)(CCCC)CCCC. The van der Waals surface area contributed by atoms with E-state index in [1.165, 1.54) is 96.3 Å². The number of hydrogen-bond acceptors (Lipinski definition) is 1. The number of hydrogen-bond donors (Lipinski definition) is 1. The van der Waals surface area contributed by atoms with Gasteiger partial charge in [0.15, 0.2) is 0 Å². The number of rotatable bonds is 25. The van der Waals surface area contributed by atoms with Crippen molar-refractivity contribution in [3.05, 3.63) is 0 Å². The van der Waals surface area contributed by atoms with Crippen LogP contribution in [0.25, 0.3) is 0 Å². The monoisotopic (exact) mass is 517 g/mol. The summed E-state index contributed by atoms with van der Waals surface area (Å²) in [7, 11) is -0.949. The summed E-state index contributed by atoms with van der Waals surface area (Å²) in [4.78, 5) is 10.4. The molecular weight excluding hydrogens is 447 g/mol. The summed E-state index contributed by atoms with van der Waals surface area (Å²) in [5.74, 6) is -0.754. The number of carboxylic acids is 1. The van der Waals surface area contributed by atoms with Crippen molar-refractivity contribution in [1.82, 2.24) is 0 Å². The fourth-order valence-electron chi connectivity index (χ4n) is 5.35. The van der Waals surface area contributed by atoms with Crippen molar-refractivity contribution in [3.63, 3.8) is 0 Å². The molecule has 0 amide bonds. The summed E-state index contributed by atoms with van der Waals surface area (Å²) in [6.45, 7) is 13.5. The molecule has 0 aliphatic rings. The summed E-state index contributed by atoms with van der Waals surface area (Å²) in [5, 5.41) is 8.60. The quantitative estimate of drug-likeness (QED) is 0.0967. The average molecular weight is 517 g/mol. The van der Waals surface area contributed by atoms with Crippen molar-refractivity contribution in [2.75, 3.05) is 24.6 Å². The van der Waals surface area contributed by atoms with Crippen LogP contribution in [0, 0.1) is 5.92 Å². The van der Waals surface area contributed by atoms with Crippen LogP contribution in [-0.2, 0) is 4.79 Å². The van der Waals surface area contributed by atoms with Crippen LogP contribution in [0.15, 0.2) is 0 Å². The topological polar surface area (TPSA) is 37.3 Å². The van der Waals surface area contributed by atoms with Gasteiger partial charge in [0.25, 0.3) is 0 Å². The number of carbonyl (C=O) groups is 1. The Kier molecular flexibility index (Phi) is 30.1. The molecule has 35 heavy (non-hydrogen) atoms. The second-order valence-electron chi connectivity index (χ2n) is 11.3. The molecule has 0 heterocycles. The Morgan fingerprint density at radius 1 is 0.514 bits per heavy atom. The molecule has 0 rings (SSSR count). The van der Waals surface area contributed by atoms with Crippen molar-refractivity contribution in [3.8, 4) is 0 Å². The second kappa shape index (κ2) is 28.5. The van der Waals surface area contributed by atoms with Gasteiger partial charge in [0.2, 0.25) is 0 Å². The van der Waals surface area contributed by atoms with Crippen molar-refractivity contribution >= 4 is 13.2 Å². The van der Waals surface area contributed by atoms with Gasteiger partial charge in [0, 0.05) is 0 Å². The summed E-state index contributed by atoms with van der Waals surface area (Å²) in [5.41, 5.74) is 0. The fraction of sp³-hybridized carbons (Fsp3) is 0.969. The molecule has 0 radical (unpaired) electrons. The van der Waals surface area contributed by atoms with Gasteiger partial charge in [-0.3, -0.25) is 4.79 Å². The molecule has 0 bridgehead atoms. The van der Waals surface area contributed by atoms with E-state index in [0.29, 0.717) is 0 Å². The number of aliphatic carboxylic acids is 1. The molecule has 0 fully saturated rings. The van der Waals surface area contributed by atoms with Crippen LogP contribution in [0.1, 0.15) is 170 Å². The molecule has 0 aromatic heterocycles. The van der Waals surface area contributed by atoms with Crippen LogP contribution in [0.3, 0.4) is 0 Å². The van der Waals surface area contributed by atoms with Crippen LogP contribution in [-0.4, -0.2) is 35.7 Å². The Bertz CT molecular complexity index is 402. The molecule has 0 saturated carbocycles. The molecule has 1 N–H and O–H groups in total. The molecule has 0 aromatic rings. The summed E-state index contributed by atoms with van der Waals surface area (Å²) in [6, 6.07) is 0. The third-order valence-electron chi connectivity index (χ3n) is 7.99.